The van der Waals surface area contributed by atoms with E-state index in [0.29, 0.717) is 6.04 Å². The van der Waals surface area contributed by atoms with Gasteiger partial charge in [0.05, 0.1) is 0 Å². The number of hydrogen-bond donors (Lipinski definition) is 1. The SMILES string of the molecule is Cc1cc(F)cc(N[C@H](C)C2CC2)c1. The van der Waals surface area contributed by atoms with Gasteiger partial charge in [0.25, 0.3) is 0 Å². The molecule has 1 nitrogen and oxygen atoms in total. The van der Waals surface area contributed by atoms with Crippen molar-refractivity contribution in [3.63, 3.8) is 0 Å². The zero-order valence-corrected chi connectivity index (χ0v) is 8.68. The van der Waals surface area contributed by atoms with Crippen molar-refractivity contribution in [2.75, 3.05) is 5.32 Å². The van der Waals surface area contributed by atoms with Crippen LogP contribution in [0.25, 0.3) is 0 Å². The topological polar surface area (TPSA) is 12.0 Å². The van der Waals surface area contributed by atoms with E-state index in [2.05, 4.69) is 12.2 Å². The van der Waals surface area contributed by atoms with Crippen LogP contribution in [0.4, 0.5) is 10.1 Å². The molecule has 1 aliphatic carbocycles. The standard InChI is InChI=1S/C12H16FN/c1-8-5-11(13)7-12(6-8)14-9(2)10-3-4-10/h5-7,9-10,14H,3-4H2,1-2H3/t9-/m1/s1. The lowest BCUT2D eigenvalue weighted by molar-refractivity contribution is 0.625. The Morgan fingerprint density at radius 1 is 1.36 bits per heavy atom. The monoisotopic (exact) mass is 193 g/mol. The summed E-state index contributed by atoms with van der Waals surface area (Å²) in [6.07, 6.45) is 2.62. The molecule has 0 radical (unpaired) electrons. The van der Waals surface area contributed by atoms with Gasteiger partial charge >= 0.3 is 0 Å². The Hall–Kier alpha value is -1.05. The van der Waals surface area contributed by atoms with E-state index < -0.39 is 0 Å². The number of anilines is 1. The molecule has 76 valence electrons. The van der Waals surface area contributed by atoms with Crippen LogP contribution in [0, 0.1) is 18.7 Å². The molecular formula is C12H16FN. The highest BCUT2D eigenvalue weighted by Crippen LogP contribution is 2.34. The largest absolute Gasteiger partial charge is 0.382 e. The van der Waals surface area contributed by atoms with Crippen LogP contribution in [0.1, 0.15) is 25.3 Å². The van der Waals surface area contributed by atoms with Crippen molar-refractivity contribution in [3.8, 4) is 0 Å². The van der Waals surface area contributed by atoms with Gasteiger partial charge in [-0.15, -0.1) is 0 Å². The van der Waals surface area contributed by atoms with Crippen molar-refractivity contribution in [2.24, 2.45) is 5.92 Å². The molecule has 14 heavy (non-hydrogen) atoms. The Morgan fingerprint density at radius 3 is 2.64 bits per heavy atom. The summed E-state index contributed by atoms with van der Waals surface area (Å²) in [4.78, 5) is 0. The Balaban J connectivity index is 2.07. The van der Waals surface area contributed by atoms with Crippen molar-refractivity contribution < 1.29 is 4.39 Å². The number of aryl methyl sites for hydroxylation is 1. The van der Waals surface area contributed by atoms with Crippen molar-refractivity contribution in [2.45, 2.75) is 32.7 Å². The lowest BCUT2D eigenvalue weighted by Crippen LogP contribution is -2.17. The fourth-order valence-corrected chi connectivity index (χ4v) is 1.80. The highest BCUT2D eigenvalue weighted by atomic mass is 19.1. The summed E-state index contributed by atoms with van der Waals surface area (Å²) in [6, 6.07) is 5.57. The molecule has 0 heterocycles. The van der Waals surface area contributed by atoms with Gasteiger partial charge in [0.2, 0.25) is 0 Å². The maximum atomic E-state index is 13.1. The van der Waals surface area contributed by atoms with Gasteiger partial charge in [0.1, 0.15) is 5.82 Å². The predicted molar refractivity (Wildman–Crippen MR) is 56.9 cm³/mol. The molecule has 1 N–H and O–H groups in total. The van der Waals surface area contributed by atoms with Crippen LogP contribution in [0.2, 0.25) is 0 Å². The smallest absolute Gasteiger partial charge is 0.125 e. The number of halogens is 1. The Kier molecular flexibility index (Phi) is 2.44. The van der Waals surface area contributed by atoms with Crippen LogP contribution in [-0.2, 0) is 0 Å². The number of rotatable bonds is 3. The number of hydrogen-bond acceptors (Lipinski definition) is 1. The average molecular weight is 193 g/mol. The molecule has 1 aromatic rings. The van der Waals surface area contributed by atoms with Crippen LogP contribution in [0.15, 0.2) is 18.2 Å². The van der Waals surface area contributed by atoms with Crippen LogP contribution in [-0.4, -0.2) is 6.04 Å². The molecule has 0 amide bonds. The van der Waals surface area contributed by atoms with Crippen molar-refractivity contribution in [3.05, 3.63) is 29.6 Å². The minimum atomic E-state index is -0.157. The van der Waals surface area contributed by atoms with Gasteiger partial charge in [0.15, 0.2) is 0 Å². The summed E-state index contributed by atoms with van der Waals surface area (Å²) in [5.41, 5.74) is 1.87. The van der Waals surface area contributed by atoms with E-state index in [9.17, 15) is 4.39 Å². The second kappa shape index (κ2) is 3.60. The maximum absolute atomic E-state index is 13.1. The lowest BCUT2D eigenvalue weighted by Gasteiger charge is -2.14. The predicted octanol–water partition coefficient (Wildman–Crippen LogP) is 3.34. The molecule has 2 heteroatoms. The van der Waals surface area contributed by atoms with E-state index in [-0.39, 0.29) is 5.82 Å². The maximum Gasteiger partial charge on any atom is 0.125 e. The van der Waals surface area contributed by atoms with Gasteiger partial charge in [-0.2, -0.15) is 0 Å². The molecule has 0 unspecified atom stereocenters. The number of benzene rings is 1. The quantitative estimate of drug-likeness (QED) is 0.776. The molecule has 0 aromatic heterocycles. The third-order valence-electron chi connectivity index (χ3n) is 2.77. The summed E-state index contributed by atoms with van der Waals surface area (Å²) in [7, 11) is 0. The van der Waals surface area contributed by atoms with E-state index >= 15 is 0 Å². The average Bonchev–Trinajstić information content (AvgIpc) is 2.82. The van der Waals surface area contributed by atoms with Crippen molar-refractivity contribution >= 4 is 5.69 Å². The fourth-order valence-electron chi connectivity index (χ4n) is 1.80. The first-order chi connectivity index (χ1) is 6.65. The summed E-state index contributed by atoms with van der Waals surface area (Å²) < 4.78 is 13.1. The lowest BCUT2D eigenvalue weighted by atomic mass is 10.1. The minimum Gasteiger partial charge on any atom is -0.382 e. The van der Waals surface area contributed by atoms with E-state index in [1.807, 2.05) is 13.0 Å². The molecule has 1 aromatic carbocycles. The molecule has 1 atom stereocenters. The highest BCUT2D eigenvalue weighted by molar-refractivity contribution is 5.46. The van der Waals surface area contributed by atoms with E-state index in [1.165, 1.54) is 12.8 Å². The van der Waals surface area contributed by atoms with Gasteiger partial charge in [-0.3, -0.25) is 0 Å². The zero-order valence-electron chi connectivity index (χ0n) is 8.68. The third-order valence-corrected chi connectivity index (χ3v) is 2.77. The van der Waals surface area contributed by atoms with Crippen molar-refractivity contribution in [1.82, 2.24) is 0 Å². The van der Waals surface area contributed by atoms with Crippen molar-refractivity contribution in [1.29, 1.82) is 0 Å². The second-order valence-electron chi connectivity index (χ2n) is 4.29. The van der Waals surface area contributed by atoms with Crippen LogP contribution in [0.5, 0.6) is 0 Å². The molecule has 1 aliphatic rings. The molecule has 0 bridgehead atoms. The Labute approximate surface area is 84.3 Å². The van der Waals surface area contributed by atoms with Gasteiger partial charge < -0.3 is 5.32 Å². The normalized spacial score (nSPS) is 17.9. The molecular weight excluding hydrogens is 177 g/mol. The zero-order chi connectivity index (χ0) is 10.1. The van der Waals surface area contributed by atoms with E-state index in [0.717, 1.165) is 17.2 Å². The summed E-state index contributed by atoms with van der Waals surface area (Å²) in [5, 5.41) is 3.35. The summed E-state index contributed by atoms with van der Waals surface area (Å²) in [5.74, 6) is 0.633. The highest BCUT2D eigenvalue weighted by Gasteiger charge is 2.27. The van der Waals surface area contributed by atoms with E-state index in [1.54, 1.807) is 12.1 Å². The van der Waals surface area contributed by atoms with Crippen LogP contribution >= 0.6 is 0 Å². The molecule has 1 saturated carbocycles. The summed E-state index contributed by atoms with van der Waals surface area (Å²) >= 11 is 0. The van der Waals surface area contributed by atoms with Gasteiger partial charge in [-0.05, 0) is 56.4 Å². The minimum absolute atomic E-state index is 0.157. The Morgan fingerprint density at radius 2 is 2.07 bits per heavy atom. The molecule has 1 fully saturated rings. The molecule has 0 aliphatic heterocycles. The molecule has 0 saturated heterocycles. The van der Waals surface area contributed by atoms with Gasteiger partial charge in [-0.1, -0.05) is 0 Å². The molecule has 2 rings (SSSR count). The van der Waals surface area contributed by atoms with Crippen LogP contribution < -0.4 is 5.32 Å². The molecule has 0 spiro atoms. The third kappa shape index (κ3) is 2.25. The van der Waals surface area contributed by atoms with Crippen LogP contribution in [0.3, 0.4) is 0 Å². The fraction of sp³-hybridized carbons (Fsp3) is 0.500. The number of nitrogens with one attached hydrogen (secondary N) is 1. The van der Waals surface area contributed by atoms with Gasteiger partial charge in [0, 0.05) is 11.7 Å². The van der Waals surface area contributed by atoms with Gasteiger partial charge in [-0.25, -0.2) is 4.39 Å². The first-order valence-corrected chi connectivity index (χ1v) is 5.19. The Bertz CT molecular complexity index is 311. The van der Waals surface area contributed by atoms with E-state index in [4.69, 9.17) is 0 Å². The first kappa shape index (κ1) is 9.50. The summed E-state index contributed by atoms with van der Waals surface area (Å²) in [6.45, 7) is 4.08. The first-order valence-electron chi connectivity index (χ1n) is 5.19. The second-order valence-corrected chi connectivity index (χ2v) is 4.29.